The van der Waals surface area contributed by atoms with E-state index in [1.54, 1.807) is 27.7 Å². The highest BCUT2D eigenvalue weighted by atomic mass is 16.4. The van der Waals surface area contributed by atoms with Gasteiger partial charge >= 0.3 is 17.9 Å². The molecular formula is C64H110N16O24. The number of hydrogen-bond donors (Lipinski definition) is 23. The molecule has 1 rings (SSSR count). The van der Waals surface area contributed by atoms with Crippen LogP contribution < -0.4 is 85.5 Å². The molecule has 104 heavy (non-hydrogen) atoms. The van der Waals surface area contributed by atoms with E-state index < -0.39 is 254 Å². The predicted molar refractivity (Wildman–Crippen MR) is 366 cm³/mol. The van der Waals surface area contributed by atoms with Crippen LogP contribution in [0.15, 0.2) is 0 Å². The second-order valence-electron chi connectivity index (χ2n) is 27.0. The third-order valence-corrected chi connectivity index (χ3v) is 16.3. The summed E-state index contributed by atoms with van der Waals surface area (Å²) in [6.07, 6.45) is -4.21. The fourth-order valence-corrected chi connectivity index (χ4v) is 10.1. The van der Waals surface area contributed by atoms with Gasteiger partial charge in [0.1, 0.15) is 84.6 Å². The summed E-state index contributed by atoms with van der Waals surface area (Å²) in [6, 6.07) is -23.2. The molecule has 0 spiro atoms. The molecule has 0 unspecified atom stereocenters. The van der Waals surface area contributed by atoms with Gasteiger partial charge in [0.05, 0.1) is 37.9 Å². The molecular weight excluding hydrogens is 1380 g/mol. The van der Waals surface area contributed by atoms with Crippen LogP contribution in [0.5, 0.6) is 0 Å². The topological polar surface area (TPSA) is 638 Å². The number of unbranched alkanes of at least 4 members (excludes halogenated alkanes) is 1. The van der Waals surface area contributed by atoms with Crippen LogP contribution in [0.3, 0.4) is 0 Å². The molecule has 1 saturated heterocycles. The summed E-state index contributed by atoms with van der Waals surface area (Å²) in [7, 11) is 0. The number of hydrogen-bond acceptors (Lipinski definition) is 23. The fraction of sp³-hybridized carbons (Fsp3) is 0.734. The lowest BCUT2D eigenvalue weighted by Crippen LogP contribution is -2.63. The van der Waals surface area contributed by atoms with Crippen LogP contribution in [-0.2, 0) is 81.5 Å². The van der Waals surface area contributed by atoms with E-state index in [0.29, 0.717) is 19.4 Å². The highest BCUT2D eigenvalue weighted by Crippen LogP contribution is 2.14. The molecule has 40 heteroatoms. The number of carboxylic acids is 3. The van der Waals surface area contributed by atoms with Gasteiger partial charge in [-0.15, -0.1) is 0 Å². The zero-order chi connectivity index (χ0) is 79.7. The number of nitrogens with two attached hydrogens (primary N) is 1. The average molecular weight is 1490 g/mol. The highest BCUT2D eigenvalue weighted by molar-refractivity contribution is 6.01. The van der Waals surface area contributed by atoms with Crippen LogP contribution in [0.4, 0.5) is 0 Å². The minimum absolute atomic E-state index is 0.0530. The molecule has 0 saturated carbocycles. The molecule has 1 aliphatic rings. The molecule has 1 aliphatic heterocycles. The lowest BCUT2D eigenvalue weighted by molar-refractivity contribution is -0.143. The summed E-state index contributed by atoms with van der Waals surface area (Å²) in [5.74, 6) is -21.5. The summed E-state index contributed by atoms with van der Waals surface area (Å²) >= 11 is 0. The van der Waals surface area contributed by atoms with Crippen molar-refractivity contribution in [1.29, 1.82) is 0 Å². The monoisotopic (exact) mass is 1490 g/mol. The maximum absolute atomic E-state index is 14.2. The zero-order valence-corrected chi connectivity index (χ0v) is 61.0. The molecule has 1 fully saturated rings. The Labute approximate surface area is 602 Å². The van der Waals surface area contributed by atoms with Crippen molar-refractivity contribution in [2.24, 2.45) is 29.4 Å². The van der Waals surface area contributed by atoms with Crippen LogP contribution >= 0.6 is 0 Å². The zero-order valence-electron chi connectivity index (χ0n) is 61.0. The Balaban J connectivity index is 3.36. The van der Waals surface area contributed by atoms with E-state index in [4.69, 9.17) is 10.8 Å². The molecule has 40 nitrogen and oxygen atoms in total. The normalized spacial score (nSPS) is 17.4. The summed E-state index contributed by atoms with van der Waals surface area (Å²) in [4.78, 5) is 225. The molecule has 24 N–H and O–H groups in total. The molecule has 0 aromatic rings. The Morgan fingerprint density at radius 1 is 0.385 bits per heavy atom. The van der Waals surface area contributed by atoms with Gasteiger partial charge < -0.3 is 121 Å². The maximum Gasteiger partial charge on any atom is 0.328 e. The van der Waals surface area contributed by atoms with Crippen molar-refractivity contribution in [3.63, 3.8) is 0 Å². The minimum atomic E-state index is -1.93. The van der Waals surface area contributed by atoms with E-state index in [-0.39, 0.29) is 31.7 Å². The summed E-state index contributed by atoms with van der Waals surface area (Å²) in [5.41, 5.74) is 5.71. The van der Waals surface area contributed by atoms with Crippen LogP contribution in [0, 0.1) is 23.7 Å². The predicted octanol–water partition coefficient (Wildman–Crippen LogP) is -8.10. The number of amides is 14. The Bertz CT molecular complexity index is 2980. The Kier molecular flexibility index (Phi) is 40.8. The number of aliphatic hydroxyl groups is 4. The van der Waals surface area contributed by atoms with Gasteiger partial charge in [0.25, 0.3) is 0 Å². The molecule has 0 radical (unpaired) electrons. The number of carboxylic acid groups (broad SMARTS) is 3. The van der Waals surface area contributed by atoms with Gasteiger partial charge in [-0.05, 0) is 116 Å². The van der Waals surface area contributed by atoms with Gasteiger partial charge in [0.15, 0.2) is 0 Å². The first-order chi connectivity index (χ1) is 48.4. The molecule has 17 atom stereocenters. The molecule has 0 aliphatic carbocycles. The smallest absolute Gasteiger partial charge is 0.328 e. The first kappa shape index (κ1) is 92.8. The largest absolute Gasteiger partial charge is 0.481 e. The second-order valence-corrected chi connectivity index (χ2v) is 27.0. The molecule has 0 bridgehead atoms. The number of carbonyl (C=O) groups is 17. The van der Waals surface area contributed by atoms with Crippen molar-refractivity contribution in [3.05, 3.63) is 0 Å². The lowest BCUT2D eigenvalue weighted by Gasteiger charge is -2.30. The Hall–Kier alpha value is -9.25. The molecule has 0 aromatic carbocycles. The number of aliphatic hydroxyl groups excluding tert-OH is 4. The molecule has 1 heterocycles. The first-order valence-corrected chi connectivity index (χ1v) is 34.4. The number of carbonyl (C=O) groups excluding carboxylic acids is 14. The molecule has 0 aromatic heterocycles. The van der Waals surface area contributed by atoms with Crippen LogP contribution in [0.1, 0.15) is 148 Å². The third-order valence-electron chi connectivity index (χ3n) is 16.3. The van der Waals surface area contributed by atoms with Crippen LogP contribution in [0.2, 0.25) is 0 Å². The van der Waals surface area contributed by atoms with E-state index in [1.807, 2.05) is 5.32 Å². The van der Waals surface area contributed by atoms with Crippen molar-refractivity contribution in [1.82, 2.24) is 79.8 Å². The number of rotatable bonds is 47. The van der Waals surface area contributed by atoms with E-state index >= 15 is 0 Å². The fourth-order valence-electron chi connectivity index (χ4n) is 10.1. The van der Waals surface area contributed by atoms with Crippen LogP contribution in [0.25, 0.3) is 0 Å². The van der Waals surface area contributed by atoms with Gasteiger partial charge in [0, 0.05) is 6.42 Å². The average Bonchev–Trinajstić information content (AvgIpc) is 1.11. The van der Waals surface area contributed by atoms with Gasteiger partial charge in [-0.25, -0.2) is 4.79 Å². The van der Waals surface area contributed by atoms with E-state index in [2.05, 4.69) is 74.4 Å². The maximum atomic E-state index is 14.2. The SMILES string of the molecule is CC(C)C[C@H](NC(=O)[C@@H](NC(=O)[C@@H]1CCCN1)C(C)C)C(=O)N[C@@H](CO)C(=O)N[C@@H](CCCCN)C(=O)N[C@H](C(=O)N[C@H](C(=O)N[C@@H](CCC(=O)O)C(=O)N[C@H](C(=O)N[C@H](C(=O)N[C@@H](C)C(=O)N[C@@H](CC(=O)O)C(=O)N[C@@H](C)C(=O)N[C@@H](C)C(=O)N[C@@H](CO)C(=O)O)[C@@H](C)O)C(C)C)C(C)C)[C@@H](C)O. The van der Waals surface area contributed by atoms with E-state index in [9.17, 15) is 112 Å². The molecule has 590 valence electrons. The standard InChI is InChI=1S/C64H110N16O24/c1-27(2)23-39(73-60(99)45(28(3)4)76-53(92)36-18-16-22-66-36)57(96)74-41(25-81)58(97)70-37(17-14-15-21-65)54(93)79-49(35(13)84)63(102)78-46(29(5)6)59(98)71-38(19-20-43(85)86)55(94)77-47(30(7)8)61(100)80-48(34(12)83)62(101)69-33(11)51(90)72-40(24-44(87)88)56(95)68-31(9)50(89)67-32(10)52(91)75-42(26-82)64(103)104/h27-42,45-49,66,81-84H,14-26,65H2,1-13H3,(H,67,89)(H,68,95)(H,69,101)(H,70,97)(H,71,98)(H,72,90)(H,73,99)(H,74,96)(H,75,91)(H,76,92)(H,77,94)(H,78,102)(H,79,93)(H,80,100)(H,85,86)(H,87,88)(H,103,104)/t31-,32-,33-,34+,35+,36-,37-,38-,39-,40-,41-,42-,45-,46-,47-,48-,49-/m0/s1. The summed E-state index contributed by atoms with van der Waals surface area (Å²) in [5, 5.41) is 105. The van der Waals surface area contributed by atoms with Gasteiger partial charge in [0.2, 0.25) is 82.7 Å². The van der Waals surface area contributed by atoms with E-state index in [1.165, 1.54) is 27.7 Å². The quantitative estimate of drug-likeness (QED) is 0.0252. The lowest BCUT2D eigenvalue weighted by atomic mass is 9.99. The minimum Gasteiger partial charge on any atom is -0.481 e. The van der Waals surface area contributed by atoms with Crippen molar-refractivity contribution in [2.75, 3.05) is 26.3 Å². The Morgan fingerprint density at radius 2 is 0.731 bits per heavy atom. The third kappa shape index (κ3) is 32.2. The van der Waals surface area contributed by atoms with Crippen molar-refractivity contribution < 1.29 is 117 Å². The number of aliphatic carboxylic acids is 3. The second kappa shape index (κ2) is 45.8. The van der Waals surface area contributed by atoms with E-state index in [0.717, 1.165) is 41.0 Å². The van der Waals surface area contributed by atoms with Crippen molar-refractivity contribution >= 4 is 101 Å². The Morgan fingerprint density at radius 3 is 1.16 bits per heavy atom. The van der Waals surface area contributed by atoms with Crippen molar-refractivity contribution in [2.45, 2.75) is 251 Å². The summed E-state index contributed by atoms with van der Waals surface area (Å²) < 4.78 is 0. The van der Waals surface area contributed by atoms with Crippen LogP contribution in [-0.4, -0.2) is 265 Å². The van der Waals surface area contributed by atoms with Gasteiger partial charge in [-0.3, -0.25) is 76.7 Å². The van der Waals surface area contributed by atoms with Crippen molar-refractivity contribution in [3.8, 4) is 0 Å². The summed E-state index contributed by atoms with van der Waals surface area (Å²) in [6.45, 7) is 17.0. The van der Waals surface area contributed by atoms with Gasteiger partial charge in [-0.2, -0.15) is 0 Å². The first-order valence-electron chi connectivity index (χ1n) is 34.4. The highest BCUT2D eigenvalue weighted by Gasteiger charge is 2.40. The number of nitrogens with one attached hydrogen (secondary N) is 15. The molecule has 14 amide bonds. The van der Waals surface area contributed by atoms with Gasteiger partial charge in [-0.1, -0.05) is 55.4 Å².